The molecule has 1 N–H and O–H groups in total. The summed E-state index contributed by atoms with van der Waals surface area (Å²) in [6.45, 7) is 0.175. The molecule has 2 nitrogen and oxygen atoms in total. The zero-order chi connectivity index (χ0) is 16.1. The molecular weight excluding hydrogens is 314 g/mol. The monoisotopic (exact) mass is 339 g/mol. The van der Waals surface area contributed by atoms with E-state index in [2.05, 4.69) is 34.6 Å². The van der Waals surface area contributed by atoms with Gasteiger partial charge in [0.25, 0.3) is 0 Å². The average molecular weight is 340 g/mol. The van der Waals surface area contributed by atoms with E-state index in [4.69, 9.17) is 5.11 Å². The SMILES string of the molecule is OCCc1csc(-c2ccc(C34CC5CC(CC(C5)C3)C4)cc2)n1. The minimum atomic E-state index is 0.175. The smallest absolute Gasteiger partial charge is 0.123 e. The van der Waals surface area contributed by atoms with E-state index in [0.717, 1.165) is 28.5 Å². The van der Waals surface area contributed by atoms with E-state index < -0.39 is 0 Å². The van der Waals surface area contributed by atoms with E-state index in [-0.39, 0.29) is 6.61 Å². The first-order valence-electron chi connectivity index (χ1n) is 9.40. The maximum atomic E-state index is 9.05. The quantitative estimate of drug-likeness (QED) is 0.867. The zero-order valence-corrected chi connectivity index (χ0v) is 14.9. The van der Waals surface area contributed by atoms with Crippen molar-refractivity contribution in [3.8, 4) is 10.6 Å². The predicted molar refractivity (Wildman–Crippen MR) is 98.2 cm³/mol. The second kappa shape index (κ2) is 5.67. The first kappa shape index (κ1) is 15.1. The maximum absolute atomic E-state index is 9.05. The minimum Gasteiger partial charge on any atom is -0.396 e. The highest BCUT2D eigenvalue weighted by molar-refractivity contribution is 7.13. The second-order valence-corrected chi connectivity index (χ2v) is 9.25. The Morgan fingerprint density at radius 1 is 1.00 bits per heavy atom. The fourth-order valence-corrected chi connectivity index (χ4v) is 6.96. The Hall–Kier alpha value is -1.19. The summed E-state index contributed by atoms with van der Waals surface area (Å²) in [4.78, 5) is 4.65. The van der Waals surface area contributed by atoms with Gasteiger partial charge in [-0.2, -0.15) is 0 Å². The number of hydrogen-bond donors (Lipinski definition) is 1. The number of rotatable bonds is 4. The highest BCUT2D eigenvalue weighted by atomic mass is 32.1. The lowest BCUT2D eigenvalue weighted by atomic mass is 9.48. The number of nitrogens with zero attached hydrogens (tertiary/aromatic N) is 1. The first-order chi connectivity index (χ1) is 11.7. The predicted octanol–water partition coefficient (Wildman–Crippen LogP) is 4.81. The molecule has 0 radical (unpaired) electrons. The van der Waals surface area contributed by atoms with Crippen LogP contribution in [0.5, 0.6) is 0 Å². The summed E-state index contributed by atoms with van der Waals surface area (Å²) in [5.74, 6) is 2.99. The number of thiazole rings is 1. The van der Waals surface area contributed by atoms with Crippen molar-refractivity contribution in [3.05, 3.63) is 40.9 Å². The van der Waals surface area contributed by atoms with Gasteiger partial charge in [0, 0.05) is 24.0 Å². The molecule has 4 bridgehead atoms. The molecular formula is C21H25NOS. The molecule has 126 valence electrons. The molecule has 0 unspecified atom stereocenters. The van der Waals surface area contributed by atoms with Crippen LogP contribution in [0.25, 0.3) is 10.6 Å². The largest absolute Gasteiger partial charge is 0.396 e. The molecule has 3 heteroatoms. The van der Waals surface area contributed by atoms with Gasteiger partial charge in [-0.3, -0.25) is 0 Å². The summed E-state index contributed by atoms with van der Waals surface area (Å²) in [5.41, 5.74) is 4.29. The normalized spacial score (nSPS) is 34.0. The fourth-order valence-electron chi connectivity index (χ4n) is 6.10. The molecule has 1 aromatic heterocycles. The van der Waals surface area contributed by atoms with Crippen molar-refractivity contribution >= 4 is 11.3 Å². The lowest BCUT2D eigenvalue weighted by Gasteiger charge is -2.57. The van der Waals surface area contributed by atoms with Crippen LogP contribution < -0.4 is 0 Å². The van der Waals surface area contributed by atoms with Crippen molar-refractivity contribution < 1.29 is 5.11 Å². The van der Waals surface area contributed by atoms with Gasteiger partial charge in [0.1, 0.15) is 5.01 Å². The van der Waals surface area contributed by atoms with E-state index >= 15 is 0 Å². The highest BCUT2D eigenvalue weighted by Gasteiger charge is 2.51. The molecule has 1 heterocycles. The fraction of sp³-hybridized carbons (Fsp3) is 0.571. The Balaban J connectivity index is 1.42. The topological polar surface area (TPSA) is 33.1 Å². The van der Waals surface area contributed by atoms with Gasteiger partial charge in [-0.05, 0) is 67.3 Å². The van der Waals surface area contributed by atoms with Crippen LogP contribution in [0.2, 0.25) is 0 Å². The van der Waals surface area contributed by atoms with Crippen LogP contribution in [0.1, 0.15) is 49.8 Å². The van der Waals surface area contributed by atoms with E-state index in [1.165, 1.54) is 44.1 Å². The molecule has 4 saturated carbocycles. The molecule has 1 aromatic carbocycles. The van der Waals surface area contributed by atoms with Gasteiger partial charge in [-0.25, -0.2) is 4.98 Å². The summed E-state index contributed by atoms with van der Waals surface area (Å²) >= 11 is 1.69. The first-order valence-corrected chi connectivity index (χ1v) is 10.3. The van der Waals surface area contributed by atoms with Crippen LogP contribution >= 0.6 is 11.3 Å². The third kappa shape index (κ3) is 2.44. The number of aliphatic hydroxyl groups excluding tert-OH is 1. The number of aliphatic hydroxyl groups is 1. The Labute approximate surface area is 148 Å². The van der Waals surface area contributed by atoms with Gasteiger partial charge >= 0.3 is 0 Å². The Morgan fingerprint density at radius 2 is 1.62 bits per heavy atom. The van der Waals surface area contributed by atoms with Gasteiger partial charge in [0.05, 0.1) is 5.69 Å². The minimum absolute atomic E-state index is 0.175. The van der Waals surface area contributed by atoms with Gasteiger partial charge in [-0.15, -0.1) is 11.3 Å². The lowest BCUT2D eigenvalue weighted by Crippen LogP contribution is -2.48. The van der Waals surface area contributed by atoms with E-state index in [1.54, 1.807) is 16.9 Å². The molecule has 4 fully saturated rings. The number of aromatic nitrogens is 1. The summed E-state index contributed by atoms with van der Waals surface area (Å²) in [5, 5.41) is 12.2. The molecule has 24 heavy (non-hydrogen) atoms. The van der Waals surface area contributed by atoms with Crippen molar-refractivity contribution in [2.45, 2.75) is 50.4 Å². The maximum Gasteiger partial charge on any atom is 0.123 e. The average Bonchev–Trinajstić information content (AvgIpc) is 3.03. The highest BCUT2D eigenvalue weighted by Crippen LogP contribution is 2.60. The molecule has 4 aliphatic rings. The van der Waals surface area contributed by atoms with Crippen molar-refractivity contribution in [2.24, 2.45) is 17.8 Å². The van der Waals surface area contributed by atoms with Crippen molar-refractivity contribution in [1.82, 2.24) is 4.98 Å². The van der Waals surface area contributed by atoms with Crippen LogP contribution in [0.3, 0.4) is 0 Å². The Bertz CT molecular complexity index is 697. The number of hydrogen-bond acceptors (Lipinski definition) is 3. The van der Waals surface area contributed by atoms with Gasteiger partial charge < -0.3 is 5.11 Å². The van der Waals surface area contributed by atoms with Crippen LogP contribution in [-0.2, 0) is 11.8 Å². The molecule has 4 aliphatic carbocycles. The van der Waals surface area contributed by atoms with Crippen molar-refractivity contribution in [2.75, 3.05) is 6.61 Å². The lowest BCUT2D eigenvalue weighted by molar-refractivity contribution is -0.00518. The molecule has 0 saturated heterocycles. The van der Waals surface area contributed by atoms with Crippen molar-refractivity contribution in [1.29, 1.82) is 0 Å². The Morgan fingerprint density at radius 3 is 2.21 bits per heavy atom. The molecule has 2 aromatic rings. The number of benzene rings is 1. The molecule has 0 amide bonds. The molecule has 0 atom stereocenters. The van der Waals surface area contributed by atoms with Gasteiger partial charge in [0.15, 0.2) is 0 Å². The summed E-state index contributed by atoms with van der Waals surface area (Å²) < 4.78 is 0. The summed E-state index contributed by atoms with van der Waals surface area (Å²) in [6, 6.07) is 9.32. The van der Waals surface area contributed by atoms with E-state index in [1.807, 2.05) is 0 Å². The standard InChI is InChI=1S/C21H25NOS/c23-6-5-19-13-24-20(22-19)17-1-3-18(4-2-17)21-10-14-7-15(11-21)9-16(8-14)12-21/h1-4,13-16,23H,5-12H2. The third-order valence-corrected chi connectivity index (χ3v) is 7.64. The van der Waals surface area contributed by atoms with Gasteiger partial charge in [0.2, 0.25) is 0 Å². The molecule has 0 aliphatic heterocycles. The van der Waals surface area contributed by atoms with Crippen LogP contribution in [-0.4, -0.2) is 16.7 Å². The van der Waals surface area contributed by atoms with Crippen LogP contribution in [0.4, 0.5) is 0 Å². The summed E-state index contributed by atoms with van der Waals surface area (Å²) in [7, 11) is 0. The molecule has 0 spiro atoms. The Kier molecular flexibility index (Phi) is 3.57. The van der Waals surface area contributed by atoms with Crippen molar-refractivity contribution in [3.63, 3.8) is 0 Å². The summed E-state index contributed by atoms with van der Waals surface area (Å²) in [6.07, 6.45) is 9.45. The second-order valence-electron chi connectivity index (χ2n) is 8.39. The third-order valence-electron chi connectivity index (χ3n) is 6.70. The zero-order valence-electron chi connectivity index (χ0n) is 14.1. The van der Waals surface area contributed by atoms with E-state index in [0.29, 0.717) is 11.8 Å². The molecule has 6 rings (SSSR count). The van der Waals surface area contributed by atoms with Crippen LogP contribution in [0, 0.1) is 17.8 Å². The van der Waals surface area contributed by atoms with Gasteiger partial charge in [-0.1, -0.05) is 24.3 Å². The van der Waals surface area contributed by atoms with Crippen LogP contribution in [0.15, 0.2) is 29.6 Å². The van der Waals surface area contributed by atoms with E-state index in [9.17, 15) is 0 Å².